The highest BCUT2D eigenvalue weighted by atomic mass is 19.4. The first-order chi connectivity index (χ1) is 8.23. The third-order valence-electron chi connectivity index (χ3n) is 1.82. The van der Waals surface area contributed by atoms with Gasteiger partial charge in [-0.25, -0.2) is 0 Å². The molecule has 6 nitrogen and oxygen atoms in total. The van der Waals surface area contributed by atoms with Crippen molar-refractivity contribution in [3.63, 3.8) is 0 Å². The van der Waals surface area contributed by atoms with Crippen LogP contribution in [0.4, 0.5) is 13.2 Å². The van der Waals surface area contributed by atoms with Crippen molar-refractivity contribution < 1.29 is 32.5 Å². The van der Waals surface area contributed by atoms with Crippen LogP contribution >= 0.6 is 0 Å². The highest BCUT2D eigenvalue weighted by molar-refractivity contribution is 5.71. The molecule has 1 aromatic rings. The largest absolute Gasteiger partial charge is 0.573 e. The van der Waals surface area contributed by atoms with Gasteiger partial charge in [0.05, 0.1) is 13.5 Å². The van der Waals surface area contributed by atoms with E-state index in [0.717, 1.165) is 6.07 Å². The van der Waals surface area contributed by atoms with Crippen molar-refractivity contribution in [1.82, 2.24) is 4.98 Å². The Balaban J connectivity index is 3.28. The van der Waals surface area contributed by atoms with Gasteiger partial charge in [-0.05, 0) is 0 Å². The molecule has 100 valence electrons. The first-order valence-corrected chi connectivity index (χ1v) is 4.50. The van der Waals surface area contributed by atoms with Crippen LogP contribution in [0.25, 0.3) is 0 Å². The summed E-state index contributed by atoms with van der Waals surface area (Å²) in [7, 11) is 1.17. The minimum Gasteiger partial charge on any atom is -0.482 e. The van der Waals surface area contributed by atoms with Gasteiger partial charge in [-0.2, -0.15) is 0 Å². The van der Waals surface area contributed by atoms with Gasteiger partial charge in [0, 0.05) is 11.6 Å². The Kier molecular flexibility index (Phi) is 3.84. The molecule has 0 bridgehead atoms. The molecule has 0 radical (unpaired) electrons. The van der Waals surface area contributed by atoms with Crippen LogP contribution in [-0.2, 0) is 11.2 Å². The maximum Gasteiger partial charge on any atom is 0.573 e. The second kappa shape index (κ2) is 4.98. The maximum absolute atomic E-state index is 12.1. The van der Waals surface area contributed by atoms with Crippen LogP contribution in [0.2, 0.25) is 0 Å². The zero-order valence-corrected chi connectivity index (χ0v) is 9.00. The number of aliphatic carboxylic acids is 1. The fraction of sp³-hybridized carbons (Fsp3) is 0.333. The average molecular weight is 267 g/mol. The van der Waals surface area contributed by atoms with Gasteiger partial charge in [-0.15, -0.1) is 13.2 Å². The van der Waals surface area contributed by atoms with Gasteiger partial charge >= 0.3 is 12.3 Å². The first kappa shape index (κ1) is 13.9. The van der Waals surface area contributed by atoms with Gasteiger partial charge in [0.15, 0.2) is 11.6 Å². The summed E-state index contributed by atoms with van der Waals surface area (Å²) in [6, 6.07) is 0.955. The van der Waals surface area contributed by atoms with Crippen LogP contribution in [0.15, 0.2) is 10.9 Å². The molecule has 0 atom stereocenters. The Hall–Kier alpha value is -2.19. The number of H-pyrrole nitrogens is 1. The number of hydrogen-bond donors (Lipinski definition) is 2. The lowest BCUT2D eigenvalue weighted by molar-refractivity contribution is -0.275. The third-order valence-corrected chi connectivity index (χ3v) is 1.82. The Morgan fingerprint density at radius 3 is 2.56 bits per heavy atom. The van der Waals surface area contributed by atoms with Crippen molar-refractivity contribution in [1.29, 1.82) is 0 Å². The van der Waals surface area contributed by atoms with E-state index in [-0.39, 0.29) is 5.88 Å². The van der Waals surface area contributed by atoms with E-state index >= 15 is 0 Å². The predicted molar refractivity (Wildman–Crippen MR) is 51.6 cm³/mol. The highest BCUT2D eigenvalue weighted by Crippen LogP contribution is 2.25. The van der Waals surface area contributed by atoms with E-state index in [2.05, 4.69) is 9.47 Å². The quantitative estimate of drug-likeness (QED) is 0.846. The Bertz CT molecular complexity index is 508. The summed E-state index contributed by atoms with van der Waals surface area (Å²) in [5, 5.41) is 8.55. The molecule has 0 aliphatic rings. The first-order valence-electron chi connectivity index (χ1n) is 4.50. The molecule has 0 unspecified atom stereocenters. The monoisotopic (exact) mass is 267 g/mol. The number of aromatic amines is 1. The lowest BCUT2D eigenvalue weighted by atomic mass is 10.2. The number of hydrogen-bond acceptors (Lipinski definition) is 4. The summed E-state index contributed by atoms with van der Waals surface area (Å²) in [6.45, 7) is 0. The van der Waals surface area contributed by atoms with E-state index in [1.807, 2.05) is 4.98 Å². The van der Waals surface area contributed by atoms with Crippen LogP contribution in [0.3, 0.4) is 0 Å². The number of aromatic nitrogens is 1. The molecule has 0 aliphatic heterocycles. The minimum absolute atomic E-state index is 0.161. The van der Waals surface area contributed by atoms with Crippen LogP contribution in [0.5, 0.6) is 11.6 Å². The molecule has 0 aliphatic carbocycles. The molecule has 2 N–H and O–H groups in total. The third kappa shape index (κ3) is 3.68. The summed E-state index contributed by atoms with van der Waals surface area (Å²) in [4.78, 5) is 23.8. The number of nitrogens with one attached hydrogen (secondary N) is 1. The zero-order chi connectivity index (χ0) is 13.9. The number of carbonyl (C=O) groups is 1. The molecule has 1 aromatic heterocycles. The van der Waals surface area contributed by atoms with E-state index in [0.29, 0.717) is 0 Å². The van der Waals surface area contributed by atoms with Crippen LogP contribution in [-0.4, -0.2) is 29.5 Å². The van der Waals surface area contributed by atoms with E-state index < -0.39 is 35.6 Å². The van der Waals surface area contributed by atoms with Crippen molar-refractivity contribution in [2.75, 3.05) is 7.11 Å². The summed E-state index contributed by atoms with van der Waals surface area (Å²) in [5.41, 5.74) is -1.65. The summed E-state index contributed by atoms with van der Waals surface area (Å²) >= 11 is 0. The summed E-state index contributed by atoms with van der Waals surface area (Å²) in [5.74, 6) is -2.67. The van der Waals surface area contributed by atoms with Crippen LogP contribution in [0.1, 0.15) is 5.56 Å². The smallest absolute Gasteiger partial charge is 0.482 e. The molecular formula is C9H8F3NO5. The molecule has 0 spiro atoms. The fourth-order valence-electron chi connectivity index (χ4n) is 1.21. The lowest BCUT2D eigenvalue weighted by Gasteiger charge is -2.12. The molecule has 1 rings (SSSR count). The lowest BCUT2D eigenvalue weighted by Crippen LogP contribution is -2.25. The molecule has 0 saturated carbocycles. The molecular weight excluding hydrogens is 259 g/mol. The standard InChI is InChI=1S/C9H8F3NO5/c1-17-5-2-4(3-6(14)15)7(8(16)13-5)18-9(10,11)12/h2H,3H2,1H3,(H,13,16)(H,14,15). The molecule has 0 saturated heterocycles. The number of halogens is 3. The van der Waals surface area contributed by atoms with Crippen molar-refractivity contribution in [3.05, 3.63) is 22.0 Å². The molecule has 9 heteroatoms. The Morgan fingerprint density at radius 2 is 2.11 bits per heavy atom. The second-order valence-corrected chi connectivity index (χ2v) is 3.14. The van der Waals surface area contributed by atoms with E-state index in [9.17, 15) is 22.8 Å². The number of rotatable bonds is 4. The molecule has 18 heavy (non-hydrogen) atoms. The Morgan fingerprint density at radius 1 is 1.50 bits per heavy atom. The molecule has 1 heterocycles. The zero-order valence-electron chi connectivity index (χ0n) is 9.00. The van der Waals surface area contributed by atoms with Crippen molar-refractivity contribution in [3.8, 4) is 11.6 Å². The molecule has 0 amide bonds. The number of methoxy groups -OCH3 is 1. The van der Waals surface area contributed by atoms with Gasteiger partial charge < -0.3 is 14.6 Å². The van der Waals surface area contributed by atoms with Gasteiger partial charge in [-0.1, -0.05) is 0 Å². The van der Waals surface area contributed by atoms with Crippen molar-refractivity contribution in [2.45, 2.75) is 12.8 Å². The fourth-order valence-corrected chi connectivity index (χ4v) is 1.21. The van der Waals surface area contributed by atoms with Crippen LogP contribution < -0.4 is 15.0 Å². The normalized spacial score (nSPS) is 11.1. The molecule has 0 aromatic carbocycles. The Labute approximate surface area is 98.0 Å². The van der Waals surface area contributed by atoms with Crippen molar-refractivity contribution >= 4 is 5.97 Å². The SMILES string of the molecule is COc1cc(CC(=O)O)c(OC(F)(F)F)c(=O)[nH]1. The number of pyridine rings is 1. The highest BCUT2D eigenvalue weighted by Gasteiger charge is 2.34. The topological polar surface area (TPSA) is 88.6 Å². The van der Waals surface area contributed by atoms with Gasteiger partial charge in [-0.3, -0.25) is 14.6 Å². The predicted octanol–water partition coefficient (Wildman–Crippen LogP) is 0.909. The van der Waals surface area contributed by atoms with Gasteiger partial charge in [0.2, 0.25) is 0 Å². The second-order valence-electron chi connectivity index (χ2n) is 3.14. The van der Waals surface area contributed by atoms with Crippen molar-refractivity contribution in [2.24, 2.45) is 0 Å². The number of carboxylic acids is 1. The molecule has 0 fully saturated rings. The van der Waals surface area contributed by atoms with E-state index in [1.54, 1.807) is 0 Å². The van der Waals surface area contributed by atoms with E-state index in [1.165, 1.54) is 7.11 Å². The van der Waals surface area contributed by atoms with Gasteiger partial charge in [0.25, 0.3) is 5.56 Å². The number of alkyl halides is 3. The number of ether oxygens (including phenoxy) is 2. The van der Waals surface area contributed by atoms with Gasteiger partial charge in [0.1, 0.15) is 0 Å². The van der Waals surface area contributed by atoms with Crippen LogP contribution in [0, 0.1) is 0 Å². The average Bonchev–Trinajstić information content (AvgIpc) is 2.20. The summed E-state index contributed by atoms with van der Waals surface area (Å²) in [6.07, 6.45) is -5.89. The minimum atomic E-state index is -5.09. The van der Waals surface area contributed by atoms with E-state index in [4.69, 9.17) is 5.11 Å². The summed E-state index contributed by atoms with van der Waals surface area (Å²) < 4.78 is 44.3. The number of carboxylic acid groups (broad SMARTS) is 1. The maximum atomic E-state index is 12.1.